The van der Waals surface area contributed by atoms with Crippen molar-refractivity contribution < 1.29 is 18.8 Å². The van der Waals surface area contributed by atoms with Crippen molar-refractivity contribution in [2.75, 3.05) is 18.3 Å². The molecule has 2 aromatic rings. The van der Waals surface area contributed by atoms with E-state index in [1.807, 2.05) is 0 Å². The van der Waals surface area contributed by atoms with Gasteiger partial charge in [-0.1, -0.05) is 6.58 Å². The van der Waals surface area contributed by atoms with E-state index in [1.54, 1.807) is 27.9 Å². The SMILES string of the molecule is C=C1/C(=C\C=C(/C)F)OCC2(CC2)NC(=O)c2cnn3ccc(nc23)N2OCC[C@@H]12. The van der Waals surface area contributed by atoms with E-state index in [-0.39, 0.29) is 24.4 Å². The minimum atomic E-state index is -0.462. The van der Waals surface area contributed by atoms with Gasteiger partial charge in [-0.25, -0.2) is 19.0 Å². The Morgan fingerprint density at radius 3 is 3.07 bits per heavy atom. The molecule has 1 amide bonds. The Hall–Kier alpha value is -3.20. The minimum absolute atomic E-state index is 0.231. The number of rotatable bonds is 1. The lowest BCUT2D eigenvalue weighted by atomic mass is 10.0. The molecule has 30 heavy (non-hydrogen) atoms. The number of halogens is 1. The van der Waals surface area contributed by atoms with Gasteiger partial charge in [-0.2, -0.15) is 5.10 Å². The molecule has 0 unspecified atom stereocenters. The molecule has 1 atom stereocenters. The molecule has 4 heterocycles. The largest absolute Gasteiger partial charge is 0.491 e. The number of aromatic nitrogens is 3. The van der Waals surface area contributed by atoms with Crippen LogP contribution in [0.4, 0.5) is 10.2 Å². The number of anilines is 1. The molecule has 9 heteroatoms. The number of nitrogens with one attached hydrogen (secondary N) is 1. The Labute approximate surface area is 172 Å². The summed E-state index contributed by atoms with van der Waals surface area (Å²) in [5.41, 5.74) is 1.05. The lowest BCUT2D eigenvalue weighted by Crippen LogP contribution is -2.40. The normalized spacial score (nSPS) is 25.0. The van der Waals surface area contributed by atoms with Crippen LogP contribution in [0.25, 0.3) is 5.65 Å². The third-order valence-electron chi connectivity index (χ3n) is 5.65. The average Bonchev–Trinajstić information content (AvgIpc) is 3.15. The van der Waals surface area contributed by atoms with Crippen molar-refractivity contribution in [3.8, 4) is 0 Å². The van der Waals surface area contributed by atoms with Crippen LogP contribution in [0.15, 0.2) is 54.4 Å². The van der Waals surface area contributed by atoms with Crippen LogP contribution in [0.3, 0.4) is 0 Å². The summed E-state index contributed by atoms with van der Waals surface area (Å²) in [6.45, 7) is 6.34. The molecule has 2 aromatic heterocycles. The fourth-order valence-electron chi connectivity index (χ4n) is 3.74. The van der Waals surface area contributed by atoms with Gasteiger partial charge >= 0.3 is 0 Å². The van der Waals surface area contributed by atoms with Crippen LogP contribution in [-0.4, -0.2) is 45.3 Å². The van der Waals surface area contributed by atoms with Crippen LogP contribution in [-0.2, 0) is 9.57 Å². The van der Waals surface area contributed by atoms with Gasteiger partial charge in [0.1, 0.15) is 17.9 Å². The molecule has 0 radical (unpaired) electrons. The minimum Gasteiger partial charge on any atom is -0.491 e. The monoisotopic (exact) mass is 411 g/mol. The fourth-order valence-corrected chi connectivity index (χ4v) is 3.74. The first-order chi connectivity index (χ1) is 14.5. The predicted molar refractivity (Wildman–Crippen MR) is 107 cm³/mol. The zero-order valence-corrected chi connectivity index (χ0v) is 16.6. The van der Waals surface area contributed by atoms with E-state index in [1.165, 1.54) is 19.2 Å². The van der Waals surface area contributed by atoms with E-state index in [0.29, 0.717) is 41.4 Å². The Morgan fingerprint density at radius 2 is 2.30 bits per heavy atom. The van der Waals surface area contributed by atoms with Gasteiger partial charge in [0.2, 0.25) is 0 Å². The Kier molecular flexibility index (Phi) is 4.35. The zero-order valence-electron chi connectivity index (χ0n) is 16.6. The highest BCUT2D eigenvalue weighted by atomic mass is 19.1. The summed E-state index contributed by atoms with van der Waals surface area (Å²) in [6.07, 6.45) is 8.46. The smallest absolute Gasteiger partial charge is 0.257 e. The molecular formula is C21H22FN5O3. The van der Waals surface area contributed by atoms with Crippen molar-refractivity contribution >= 4 is 17.4 Å². The number of carbonyl (C=O) groups excluding carboxylic acids is 1. The number of allylic oxidation sites excluding steroid dienone is 3. The van der Waals surface area contributed by atoms with E-state index in [9.17, 15) is 9.18 Å². The molecule has 8 nitrogen and oxygen atoms in total. The maximum Gasteiger partial charge on any atom is 0.257 e. The van der Waals surface area contributed by atoms with Gasteiger partial charge in [-0.05, 0) is 31.9 Å². The summed E-state index contributed by atoms with van der Waals surface area (Å²) in [5.74, 6) is 0.419. The molecule has 1 saturated heterocycles. The second-order valence-electron chi connectivity index (χ2n) is 7.91. The molecule has 3 aliphatic rings. The van der Waals surface area contributed by atoms with Gasteiger partial charge in [-0.15, -0.1) is 0 Å². The van der Waals surface area contributed by atoms with Crippen molar-refractivity contribution in [2.24, 2.45) is 0 Å². The quantitative estimate of drug-likeness (QED) is 0.777. The summed E-state index contributed by atoms with van der Waals surface area (Å²) < 4.78 is 21.1. The lowest BCUT2D eigenvalue weighted by Gasteiger charge is -2.27. The van der Waals surface area contributed by atoms with Crippen LogP contribution in [0.5, 0.6) is 0 Å². The number of hydrogen-bond acceptors (Lipinski definition) is 6. The predicted octanol–water partition coefficient (Wildman–Crippen LogP) is 2.85. The molecule has 2 fully saturated rings. The Morgan fingerprint density at radius 1 is 1.47 bits per heavy atom. The molecule has 156 valence electrons. The van der Waals surface area contributed by atoms with Crippen LogP contribution in [0.2, 0.25) is 0 Å². The topological polar surface area (TPSA) is 81.0 Å². The van der Waals surface area contributed by atoms with Crippen molar-refractivity contribution in [1.29, 1.82) is 0 Å². The third-order valence-corrected chi connectivity index (χ3v) is 5.65. The van der Waals surface area contributed by atoms with Crippen molar-refractivity contribution in [2.45, 2.75) is 37.8 Å². The Bertz CT molecular complexity index is 1100. The van der Waals surface area contributed by atoms with E-state index in [4.69, 9.17) is 9.57 Å². The van der Waals surface area contributed by atoms with E-state index < -0.39 is 5.54 Å². The summed E-state index contributed by atoms with van der Waals surface area (Å²) in [7, 11) is 0. The average molecular weight is 411 g/mol. The fraction of sp³-hybridized carbons (Fsp3) is 0.381. The second-order valence-corrected chi connectivity index (χ2v) is 7.91. The first-order valence-electron chi connectivity index (χ1n) is 9.91. The molecular weight excluding hydrogens is 389 g/mol. The highest BCUT2D eigenvalue weighted by molar-refractivity contribution is 6.00. The molecule has 1 spiro atoms. The molecule has 5 rings (SSSR count). The van der Waals surface area contributed by atoms with Crippen LogP contribution in [0.1, 0.15) is 36.5 Å². The maximum absolute atomic E-state index is 13.4. The Balaban J connectivity index is 1.61. The maximum atomic E-state index is 13.4. The number of carbonyl (C=O) groups is 1. The van der Waals surface area contributed by atoms with Gasteiger partial charge in [0.05, 0.1) is 30.2 Å². The number of ether oxygens (including phenoxy) is 1. The van der Waals surface area contributed by atoms with Gasteiger partial charge in [-0.3, -0.25) is 9.63 Å². The molecule has 2 bridgehead atoms. The summed E-state index contributed by atoms with van der Waals surface area (Å²) in [5, 5.41) is 8.97. The zero-order chi connectivity index (χ0) is 20.9. The first-order valence-corrected chi connectivity index (χ1v) is 9.91. The van der Waals surface area contributed by atoms with Crippen molar-refractivity contribution in [3.63, 3.8) is 0 Å². The van der Waals surface area contributed by atoms with Crippen LogP contribution < -0.4 is 10.4 Å². The van der Waals surface area contributed by atoms with Crippen molar-refractivity contribution in [3.05, 3.63) is 59.9 Å². The third kappa shape index (κ3) is 3.24. The standard InChI is InChI=1S/C21H22FN5O3/c1-13(22)3-4-17-14(2)16-6-10-30-27(16)18-5-9-26-19(24-18)15(11-23-26)20(28)25-21(7-8-21)12-29-17/h3-5,9,11,16H,2,6-8,10,12H2,1H3,(H,25,28)/b13-3+,17-4+/t16-/m0/s1. The number of fused-ring (bicyclic) bond motifs is 3. The highest BCUT2D eigenvalue weighted by Crippen LogP contribution is 2.38. The second kappa shape index (κ2) is 6.94. The van der Waals surface area contributed by atoms with Gasteiger partial charge in [0.15, 0.2) is 11.5 Å². The first kappa shape index (κ1) is 18.8. The lowest BCUT2D eigenvalue weighted by molar-refractivity contribution is 0.0892. The number of amides is 1. The highest BCUT2D eigenvalue weighted by Gasteiger charge is 2.46. The summed E-state index contributed by atoms with van der Waals surface area (Å²) in [6, 6.07) is 1.54. The van der Waals surface area contributed by atoms with Crippen LogP contribution >= 0.6 is 0 Å². The molecule has 1 aliphatic carbocycles. The molecule has 2 aliphatic heterocycles. The van der Waals surface area contributed by atoms with Gasteiger partial charge < -0.3 is 10.1 Å². The molecule has 1 N–H and O–H groups in total. The summed E-state index contributed by atoms with van der Waals surface area (Å²) in [4.78, 5) is 23.4. The van der Waals surface area contributed by atoms with E-state index >= 15 is 0 Å². The van der Waals surface area contributed by atoms with Crippen molar-refractivity contribution in [1.82, 2.24) is 19.9 Å². The number of hydrogen-bond donors (Lipinski definition) is 1. The van der Waals surface area contributed by atoms with E-state index in [2.05, 4.69) is 22.0 Å². The number of hydroxylamine groups is 1. The number of nitrogens with zero attached hydrogens (tertiary/aromatic N) is 4. The van der Waals surface area contributed by atoms with Gasteiger partial charge in [0, 0.05) is 24.3 Å². The van der Waals surface area contributed by atoms with Crippen LogP contribution in [0, 0.1) is 0 Å². The van der Waals surface area contributed by atoms with E-state index in [0.717, 1.165) is 12.8 Å². The van der Waals surface area contributed by atoms with Gasteiger partial charge in [0.25, 0.3) is 5.91 Å². The molecule has 0 aromatic carbocycles. The molecule has 1 saturated carbocycles. The summed E-state index contributed by atoms with van der Waals surface area (Å²) >= 11 is 0.